The summed E-state index contributed by atoms with van der Waals surface area (Å²) in [4.78, 5) is 17.7. The molecule has 3 N–H and O–H groups in total. The van der Waals surface area contributed by atoms with Crippen molar-refractivity contribution < 1.29 is 4.74 Å². The Morgan fingerprint density at radius 2 is 2.21 bits per heavy atom. The Kier molecular flexibility index (Phi) is 2.49. The third-order valence-electron chi connectivity index (χ3n) is 2.42. The molecule has 0 atom stereocenters. The third kappa shape index (κ3) is 1.93. The minimum Gasteiger partial charge on any atom is -0.381 e. The molecule has 5 nitrogen and oxygen atoms in total. The molecule has 14 heavy (non-hydrogen) atoms. The standard InChI is InChI=1S/C9H13N3O2/c10-9-11-7(5-8(13)12-9)6-1-3-14-4-2-6/h5-6H,1-4H2,(H3,10,11,12,13). The van der Waals surface area contributed by atoms with E-state index in [0.717, 1.165) is 31.7 Å². The number of nitrogens with two attached hydrogens (primary N) is 1. The first-order valence-electron chi connectivity index (χ1n) is 4.70. The van der Waals surface area contributed by atoms with E-state index >= 15 is 0 Å². The predicted molar refractivity (Wildman–Crippen MR) is 52.1 cm³/mol. The van der Waals surface area contributed by atoms with Crippen molar-refractivity contribution >= 4 is 5.95 Å². The Bertz CT molecular complexity index is 369. The molecule has 1 aromatic heterocycles. The Labute approximate surface area is 81.3 Å². The number of ether oxygens (including phenoxy) is 1. The summed E-state index contributed by atoms with van der Waals surface area (Å²) in [5.41, 5.74) is 6.07. The molecule has 0 unspecified atom stereocenters. The fraction of sp³-hybridized carbons (Fsp3) is 0.556. The smallest absolute Gasteiger partial charge is 0.252 e. The molecule has 1 aliphatic rings. The number of H-pyrrole nitrogens is 1. The van der Waals surface area contributed by atoms with Crippen molar-refractivity contribution in [3.63, 3.8) is 0 Å². The van der Waals surface area contributed by atoms with E-state index in [1.54, 1.807) is 0 Å². The Morgan fingerprint density at radius 3 is 2.86 bits per heavy atom. The normalized spacial score (nSPS) is 18.3. The second-order valence-corrected chi connectivity index (χ2v) is 3.44. The van der Waals surface area contributed by atoms with Crippen LogP contribution in [0.25, 0.3) is 0 Å². The summed E-state index contributed by atoms with van der Waals surface area (Å²) in [6.07, 6.45) is 1.83. The number of nitrogen functional groups attached to an aromatic ring is 1. The van der Waals surface area contributed by atoms with Crippen molar-refractivity contribution in [2.24, 2.45) is 0 Å². The van der Waals surface area contributed by atoms with Crippen LogP contribution in [0.4, 0.5) is 5.95 Å². The zero-order chi connectivity index (χ0) is 9.97. The van der Waals surface area contributed by atoms with E-state index in [4.69, 9.17) is 10.5 Å². The fourth-order valence-corrected chi connectivity index (χ4v) is 1.70. The highest BCUT2D eigenvalue weighted by Crippen LogP contribution is 2.24. The van der Waals surface area contributed by atoms with E-state index in [2.05, 4.69) is 9.97 Å². The van der Waals surface area contributed by atoms with Crippen LogP contribution in [0.15, 0.2) is 10.9 Å². The van der Waals surface area contributed by atoms with E-state index in [-0.39, 0.29) is 11.5 Å². The Balaban J connectivity index is 2.26. The Hall–Kier alpha value is -1.36. The lowest BCUT2D eigenvalue weighted by atomic mass is 9.96. The van der Waals surface area contributed by atoms with Crippen LogP contribution in [-0.2, 0) is 4.74 Å². The number of aromatic nitrogens is 2. The van der Waals surface area contributed by atoms with Crippen molar-refractivity contribution in [2.45, 2.75) is 18.8 Å². The lowest BCUT2D eigenvalue weighted by molar-refractivity contribution is 0.0845. The number of nitrogens with one attached hydrogen (secondary N) is 1. The van der Waals surface area contributed by atoms with E-state index in [1.807, 2.05) is 0 Å². The average Bonchev–Trinajstić information content (AvgIpc) is 2.18. The van der Waals surface area contributed by atoms with Gasteiger partial charge in [0, 0.05) is 25.2 Å². The number of aromatic amines is 1. The van der Waals surface area contributed by atoms with Crippen LogP contribution < -0.4 is 11.3 Å². The molecule has 0 aromatic carbocycles. The van der Waals surface area contributed by atoms with E-state index in [0.29, 0.717) is 5.92 Å². The van der Waals surface area contributed by atoms with Crippen LogP contribution in [0, 0.1) is 0 Å². The van der Waals surface area contributed by atoms with Crippen LogP contribution in [-0.4, -0.2) is 23.2 Å². The lowest BCUT2D eigenvalue weighted by Gasteiger charge is -2.21. The first-order chi connectivity index (χ1) is 6.75. The zero-order valence-corrected chi connectivity index (χ0v) is 7.82. The molecule has 1 fully saturated rings. The van der Waals surface area contributed by atoms with Crippen LogP contribution in [0.5, 0.6) is 0 Å². The van der Waals surface area contributed by atoms with E-state index in [1.165, 1.54) is 6.07 Å². The van der Waals surface area contributed by atoms with Crippen LogP contribution >= 0.6 is 0 Å². The minimum absolute atomic E-state index is 0.181. The highest BCUT2D eigenvalue weighted by Gasteiger charge is 2.17. The van der Waals surface area contributed by atoms with E-state index in [9.17, 15) is 4.79 Å². The van der Waals surface area contributed by atoms with Crippen molar-refractivity contribution in [1.29, 1.82) is 0 Å². The topological polar surface area (TPSA) is 81.0 Å². The van der Waals surface area contributed by atoms with Gasteiger partial charge in [0.25, 0.3) is 5.56 Å². The summed E-state index contributed by atoms with van der Waals surface area (Å²) in [5, 5.41) is 0. The summed E-state index contributed by atoms with van der Waals surface area (Å²) in [6, 6.07) is 1.52. The predicted octanol–water partition coefficient (Wildman–Crippen LogP) is 0.246. The summed E-state index contributed by atoms with van der Waals surface area (Å²) < 4.78 is 5.24. The molecule has 1 saturated heterocycles. The molecule has 1 aromatic rings. The second-order valence-electron chi connectivity index (χ2n) is 3.44. The van der Waals surface area contributed by atoms with E-state index < -0.39 is 0 Å². The largest absolute Gasteiger partial charge is 0.381 e. The van der Waals surface area contributed by atoms with Gasteiger partial charge in [0.05, 0.1) is 5.69 Å². The number of anilines is 1. The molecule has 0 bridgehead atoms. The van der Waals surface area contributed by atoms with Gasteiger partial charge < -0.3 is 10.5 Å². The summed E-state index contributed by atoms with van der Waals surface area (Å²) in [7, 11) is 0. The fourth-order valence-electron chi connectivity index (χ4n) is 1.70. The van der Waals surface area contributed by atoms with Gasteiger partial charge in [-0.25, -0.2) is 4.98 Å². The van der Waals surface area contributed by atoms with Crippen molar-refractivity contribution in [3.05, 3.63) is 22.1 Å². The molecule has 0 saturated carbocycles. The summed E-state index contributed by atoms with van der Waals surface area (Å²) in [5.74, 6) is 0.507. The molecule has 5 heteroatoms. The molecule has 76 valence electrons. The number of hydrogen-bond acceptors (Lipinski definition) is 4. The van der Waals surface area contributed by atoms with Gasteiger partial charge >= 0.3 is 0 Å². The monoisotopic (exact) mass is 195 g/mol. The number of nitrogens with zero attached hydrogens (tertiary/aromatic N) is 1. The molecule has 0 spiro atoms. The van der Waals surface area contributed by atoms with Crippen LogP contribution in [0.1, 0.15) is 24.5 Å². The lowest BCUT2D eigenvalue weighted by Crippen LogP contribution is -2.19. The molecule has 2 rings (SSSR count). The van der Waals surface area contributed by atoms with Crippen LogP contribution in [0.3, 0.4) is 0 Å². The highest BCUT2D eigenvalue weighted by molar-refractivity contribution is 5.20. The van der Waals surface area contributed by atoms with Gasteiger partial charge in [0.2, 0.25) is 5.95 Å². The number of hydrogen-bond donors (Lipinski definition) is 2. The van der Waals surface area contributed by atoms with Crippen molar-refractivity contribution in [3.8, 4) is 0 Å². The van der Waals surface area contributed by atoms with Gasteiger partial charge in [-0.3, -0.25) is 9.78 Å². The molecule has 1 aliphatic heterocycles. The SMILES string of the molecule is Nc1nc(C2CCOCC2)cc(=O)[nH]1. The average molecular weight is 195 g/mol. The molecule has 0 radical (unpaired) electrons. The maximum Gasteiger partial charge on any atom is 0.252 e. The Morgan fingerprint density at radius 1 is 1.50 bits per heavy atom. The summed E-state index contributed by atoms with van der Waals surface area (Å²) >= 11 is 0. The molecule has 0 amide bonds. The van der Waals surface area contributed by atoms with Gasteiger partial charge in [-0.05, 0) is 12.8 Å². The maximum absolute atomic E-state index is 11.1. The van der Waals surface area contributed by atoms with Crippen molar-refractivity contribution in [2.75, 3.05) is 18.9 Å². The minimum atomic E-state index is -0.181. The first-order valence-corrected chi connectivity index (χ1v) is 4.70. The maximum atomic E-state index is 11.1. The first kappa shape index (κ1) is 9.21. The quantitative estimate of drug-likeness (QED) is 0.672. The van der Waals surface area contributed by atoms with Gasteiger partial charge in [-0.2, -0.15) is 0 Å². The van der Waals surface area contributed by atoms with Gasteiger partial charge in [-0.1, -0.05) is 0 Å². The molecule has 0 aliphatic carbocycles. The van der Waals surface area contributed by atoms with Crippen molar-refractivity contribution in [1.82, 2.24) is 9.97 Å². The molecular weight excluding hydrogens is 182 g/mol. The highest BCUT2D eigenvalue weighted by atomic mass is 16.5. The van der Waals surface area contributed by atoms with Gasteiger partial charge in [0.1, 0.15) is 0 Å². The van der Waals surface area contributed by atoms with Gasteiger partial charge in [-0.15, -0.1) is 0 Å². The second kappa shape index (κ2) is 3.79. The number of rotatable bonds is 1. The van der Waals surface area contributed by atoms with Crippen LogP contribution in [0.2, 0.25) is 0 Å². The molecule has 2 heterocycles. The summed E-state index contributed by atoms with van der Waals surface area (Å²) in [6.45, 7) is 1.47. The third-order valence-corrected chi connectivity index (χ3v) is 2.42. The molecular formula is C9H13N3O2. The zero-order valence-electron chi connectivity index (χ0n) is 7.82. The van der Waals surface area contributed by atoms with Gasteiger partial charge in [0.15, 0.2) is 0 Å².